The summed E-state index contributed by atoms with van der Waals surface area (Å²) in [5.41, 5.74) is 4.86. The van der Waals surface area contributed by atoms with Crippen LogP contribution in [-0.4, -0.2) is 39.5 Å². The van der Waals surface area contributed by atoms with Gasteiger partial charge in [0.15, 0.2) is 0 Å². The second-order valence-electron chi connectivity index (χ2n) is 7.81. The first-order valence-electron chi connectivity index (χ1n) is 10.7. The Morgan fingerprint density at radius 1 is 1.10 bits per heavy atom. The first-order chi connectivity index (χ1) is 14.2. The quantitative estimate of drug-likeness (QED) is 0.671. The van der Waals surface area contributed by atoms with E-state index >= 15 is 0 Å². The average Bonchev–Trinajstić information content (AvgIpc) is 3.11. The van der Waals surface area contributed by atoms with Crippen molar-refractivity contribution >= 4 is 16.9 Å². The van der Waals surface area contributed by atoms with Gasteiger partial charge in [-0.25, -0.2) is 4.98 Å². The number of para-hydroxylation sites is 2. The van der Waals surface area contributed by atoms with Crippen LogP contribution in [0.4, 0.5) is 0 Å². The lowest BCUT2D eigenvalue weighted by molar-refractivity contribution is -0.121. The van der Waals surface area contributed by atoms with Gasteiger partial charge in [-0.05, 0) is 36.1 Å². The largest absolute Gasteiger partial charge is 0.353 e. The van der Waals surface area contributed by atoms with Crippen molar-refractivity contribution < 1.29 is 4.79 Å². The average molecular weight is 391 g/mol. The molecule has 1 N–H and O–H groups in total. The minimum absolute atomic E-state index is 0.0544. The van der Waals surface area contributed by atoms with Gasteiger partial charge in [0.2, 0.25) is 5.91 Å². The lowest BCUT2D eigenvalue weighted by Crippen LogP contribution is -2.46. The maximum atomic E-state index is 12.7. The summed E-state index contributed by atoms with van der Waals surface area (Å²) in [5.74, 6) is 1.01. The van der Waals surface area contributed by atoms with Crippen molar-refractivity contribution in [3.63, 3.8) is 0 Å². The highest BCUT2D eigenvalue weighted by Crippen LogP contribution is 2.21. The van der Waals surface area contributed by atoms with Crippen LogP contribution in [0.5, 0.6) is 0 Å². The van der Waals surface area contributed by atoms with Gasteiger partial charge in [0.05, 0.1) is 11.0 Å². The van der Waals surface area contributed by atoms with Crippen molar-refractivity contribution in [3.8, 4) is 0 Å². The van der Waals surface area contributed by atoms with Crippen LogP contribution in [0.1, 0.15) is 37.2 Å². The molecule has 0 spiro atoms. The van der Waals surface area contributed by atoms with Crippen LogP contribution in [0.15, 0.2) is 48.5 Å². The summed E-state index contributed by atoms with van der Waals surface area (Å²) in [4.78, 5) is 19.9. The number of aromatic nitrogens is 2. The van der Waals surface area contributed by atoms with Crippen molar-refractivity contribution in [2.45, 2.75) is 52.2 Å². The minimum atomic E-state index is 0.0544. The number of hydrogen-bond donors (Lipinski definition) is 1. The molecular weight excluding hydrogens is 360 g/mol. The molecule has 0 bridgehead atoms. The Bertz CT molecular complexity index is 993. The molecule has 4 rings (SSSR count). The maximum Gasteiger partial charge on any atom is 0.240 e. The summed E-state index contributed by atoms with van der Waals surface area (Å²) in [7, 11) is 0. The topological polar surface area (TPSA) is 50.2 Å². The number of imidazole rings is 1. The van der Waals surface area contributed by atoms with E-state index in [9.17, 15) is 4.79 Å². The summed E-state index contributed by atoms with van der Waals surface area (Å²) in [6, 6.07) is 17.1. The molecule has 2 aromatic carbocycles. The predicted molar refractivity (Wildman–Crippen MR) is 117 cm³/mol. The number of rotatable bonds is 7. The number of benzene rings is 2. The third-order valence-electron chi connectivity index (χ3n) is 6.03. The van der Waals surface area contributed by atoms with E-state index in [4.69, 9.17) is 0 Å². The minimum Gasteiger partial charge on any atom is -0.353 e. The van der Waals surface area contributed by atoms with Crippen LogP contribution < -0.4 is 5.32 Å². The molecule has 2 heterocycles. The molecule has 0 aliphatic carbocycles. The number of nitrogens with zero attached hydrogens (tertiary/aromatic N) is 3. The molecule has 0 fully saturated rings. The van der Waals surface area contributed by atoms with Crippen molar-refractivity contribution in [1.29, 1.82) is 0 Å². The van der Waals surface area contributed by atoms with Gasteiger partial charge in [0.25, 0.3) is 0 Å². The molecule has 0 saturated heterocycles. The molecule has 1 atom stereocenters. The monoisotopic (exact) mass is 390 g/mol. The molecule has 0 radical (unpaired) electrons. The van der Waals surface area contributed by atoms with Gasteiger partial charge in [-0.1, -0.05) is 50.2 Å². The van der Waals surface area contributed by atoms with Crippen LogP contribution in [0.25, 0.3) is 11.0 Å². The fraction of sp³-hybridized carbons (Fsp3) is 0.417. The second-order valence-corrected chi connectivity index (χ2v) is 7.81. The molecule has 1 aliphatic heterocycles. The Balaban J connectivity index is 1.39. The van der Waals surface area contributed by atoms with Crippen LogP contribution in [-0.2, 0) is 30.7 Å². The van der Waals surface area contributed by atoms with Gasteiger partial charge >= 0.3 is 0 Å². The Kier molecular flexibility index (Phi) is 5.95. The molecular formula is C24H30N4O. The molecule has 1 unspecified atom stereocenters. The number of fused-ring (bicyclic) bond motifs is 2. The molecule has 29 heavy (non-hydrogen) atoms. The highest BCUT2D eigenvalue weighted by atomic mass is 16.1. The zero-order chi connectivity index (χ0) is 20.2. The first-order valence-corrected chi connectivity index (χ1v) is 10.7. The molecule has 152 valence electrons. The summed E-state index contributed by atoms with van der Waals surface area (Å²) >= 11 is 0. The van der Waals surface area contributed by atoms with E-state index < -0.39 is 0 Å². The maximum absolute atomic E-state index is 12.7. The number of carbonyl (C=O) groups excluding carboxylic acids is 1. The van der Waals surface area contributed by atoms with E-state index in [-0.39, 0.29) is 5.91 Å². The lowest BCUT2D eigenvalue weighted by atomic mass is 9.98. The Hall–Kier alpha value is -2.66. The number of nitrogens with one attached hydrogen (secondary N) is 1. The van der Waals surface area contributed by atoms with Crippen molar-refractivity contribution in [2.24, 2.45) is 0 Å². The van der Waals surface area contributed by atoms with Crippen LogP contribution >= 0.6 is 0 Å². The predicted octanol–water partition coefficient (Wildman–Crippen LogP) is 3.55. The summed E-state index contributed by atoms with van der Waals surface area (Å²) in [6.07, 6.45) is 2.92. The van der Waals surface area contributed by atoms with Gasteiger partial charge in [-0.2, -0.15) is 0 Å². The molecule has 1 amide bonds. The fourth-order valence-electron chi connectivity index (χ4n) is 4.36. The zero-order valence-electron chi connectivity index (χ0n) is 17.4. The fourth-order valence-corrected chi connectivity index (χ4v) is 4.36. The molecule has 5 nitrogen and oxygen atoms in total. The van der Waals surface area contributed by atoms with E-state index in [0.717, 1.165) is 49.2 Å². The van der Waals surface area contributed by atoms with E-state index in [0.29, 0.717) is 19.1 Å². The van der Waals surface area contributed by atoms with Crippen LogP contribution in [0.3, 0.4) is 0 Å². The van der Waals surface area contributed by atoms with Gasteiger partial charge in [-0.15, -0.1) is 0 Å². The number of hydrogen-bond acceptors (Lipinski definition) is 3. The third-order valence-corrected chi connectivity index (χ3v) is 6.03. The van der Waals surface area contributed by atoms with Gasteiger partial charge in [0, 0.05) is 32.1 Å². The summed E-state index contributed by atoms with van der Waals surface area (Å²) in [5, 5.41) is 3.18. The summed E-state index contributed by atoms with van der Waals surface area (Å²) in [6.45, 7) is 7.32. The normalized spacial score (nSPS) is 15.2. The van der Waals surface area contributed by atoms with Gasteiger partial charge < -0.3 is 9.88 Å². The molecule has 3 aromatic rings. The molecule has 0 saturated carbocycles. The number of carbonyl (C=O) groups is 1. The zero-order valence-corrected chi connectivity index (χ0v) is 17.4. The first kappa shape index (κ1) is 19.6. The SMILES string of the molecule is CCc1nc2ccccc2n1CC(=O)NCC(CC)N1CCc2ccccc2C1. The van der Waals surface area contributed by atoms with Crippen LogP contribution in [0.2, 0.25) is 0 Å². The Morgan fingerprint density at radius 2 is 1.86 bits per heavy atom. The smallest absolute Gasteiger partial charge is 0.240 e. The van der Waals surface area contributed by atoms with Crippen molar-refractivity contribution in [3.05, 3.63) is 65.5 Å². The van der Waals surface area contributed by atoms with Gasteiger partial charge in [-0.3, -0.25) is 9.69 Å². The number of aryl methyl sites for hydroxylation is 1. The third kappa shape index (κ3) is 4.20. The van der Waals surface area contributed by atoms with E-state index in [1.54, 1.807) is 0 Å². The number of amides is 1. The molecule has 1 aliphatic rings. The van der Waals surface area contributed by atoms with Crippen molar-refractivity contribution in [2.75, 3.05) is 13.1 Å². The van der Waals surface area contributed by atoms with E-state index in [2.05, 4.69) is 53.3 Å². The molecule has 5 heteroatoms. The van der Waals surface area contributed by atoms with E-state index in [1.807, 2.05) is 28.8 Å². The highest BCUT2D eigenvalue weighted by Gasteiger charge is 2.23. The summed E-state index contributed by atoms with van der Waals surface area (Å²) < 4.78 is 2.04. The standard InChI is InChI=1S/C24H30N4O/c1-3-20(27-14-13-18-9-5-6-10-19(18)16-27)15-25-24(29)17-28-22-12-8-7-11-21(22)26-23(28)4-2/h5-12,20H,3-4,13-17H2,1-2H3,(H,25,29). The Labute approximate surface area is 172 Å². The van der Waals surface area contributed by atoms with Crippen molar-refractivity contribution in [1.82, 2.24) is 19.8 Å². The van der Waals surface area contributed by atoms with Crippen LogP contribution in [0, 0.1) is 0 Å². The highest BCUT2D eigenvalue weighted by molar-refractivity contribution is 5.81. The second kappa shape index (κ2) is 8.78. The Morgan fingerprint density at radius 3 is 2.66 bits per heavy atom. The molecule has 1 aromatic heterocycles. The van der Waals surface area contributed by atoms with E-state index in [1.165, 1.54) is 11.1 Å². The van der Waals surface area contributed by atoms with Gasteiger partial charge in [0.1, 0.15) is 12.4 Å². The lowest BCUT2D eigenvalue weighted by Gasteiger charge is -2.35.